The van der Waals surface area contributed by atoms with Crippen molar-refractivity contribution in [2.24, 2.45) is 0 Å². The first-order chi connectivity index (χ1) is 11.2. The molecule has 0 aliphatic heterocycles. The maximum atomic E-state index is 4.66. The fourth-order valence-electron chi connectivity index (χ4n) is 3.29. The molecule has 1 unspecified atom stereocenters. The standard InChI is InChI=1S/C19H32N4/c1-5-7-8-9-10-12-16(11-6-2)23-15-21-18-17(22(3)4)13-14-20-19(18)23/h13-16H,5-12H2,1-4H3. The van der Waals surface area contributed by atoms with E-state index >= 15 is 0 Å². The van der Waals surface area contributed by atoms with E-state index in [9.17, 15) is 0 Å². The zero-order chi connectivity index (χ0) is 16.7. The Balaban J connectivity index is 2.15. The van der Waals surface area contributed by atoms with Gasteiger partial charge in [0.2, 0.25) is 0 Å². The summed E-state index contributed by atoms with van der Waals surface area (Å²) >= 11 is 0. The number of nitrogens with zero attached hydrogens (tertiary/aromatic N) is 4. The van der Waals surface area contributed by atoms with Crippen LogP contribution in [-0.4, -0.2) is 28.6 Å². The van der Waals surface area contributed by atoms with E-state index in [1.165, 1.54) is 51.4 Å². The highest BCUT2D eigenvalue weighted by molar-refractivity contribution is 5.85. The number of aromatic nitrogens is 3. The van der Waals surface area contributed by atoms with E-state index in [0.29, 0.717) is 6.04 Å². The van der Waals surface area contributed by atoms with Crippen LogP contribution >= 0.6 is 0 Å². The van der Waals surface area contributed by atoms with Crippen LogP contribution in [0.2, 0.25) is 0 Å². The Bertz CT molecular complexity index is 588. The number of hydrogen-bond acceptors (Lipinski definition) is 3. The number of unbranched alkanes of at least 4 members (excludes halogenated alkanes) is 4. The maximum Gasteiger partial charge on any atom is 0.162 e. The van der Waals surface area contributed by atoms with E-state index in [2.05, 4.69) is 47.4 Å². The SMILES string of the molecule is CCCCCCCC(CCC)n1cnc2c(N(C)C)ccnc21. The van der Waals surface area contributed by atoms with Crippen molar-refractivity contribution < 1.29 is 0 Å². The third-order valence-electron chi connectivity index (χ3n) is 4.58. The van der Waals surface area contributed by atoms with Crippen LogP contribution in [0, 0.1) is 0 Å². The molecule has 4 heteroatoms. The lowest BCUT2D eigenvalue weighted by atomic mass is 10.0. The van der Waals surface area contributed by atoms with Crippen molar-refractivity contribution in [3.8, 4) is 0 Å². The van der Waals surface area contributed by atoms with Crippen LogP contribution in [0.5, 0.6) is 0 Å². The Morgan fingerprint density at radius 3 is 2.48 bits per heavy atom. The first-order valence-corrected chi connectivity index (χ1v) is 9.17. The molecule has 128 valence electrons. The molecule has 0 aliphatic rings. The lowest BCUT2D eigenvalue weighted by Gasteiger charge is -2.19. The molecule has 0 N–H and O–H groups in total. The van der Waals surface area contributed by atoms with Crippen molar-refractivity contribution in [2.45, 2.75) is 71.3 Å². The minimum atomic E-state index is 0.525. The zero-order valence-electron chi connectivity index (χ0n) is 15.3. The van der Waals surface area contributed by atoms with Gasteiger partial charge in [0.1, 0.15) is 5.52 Å². The minimum absolute atomic E-state index is 0.525. The van der Waals surface area contributed by atoms with Crippen LogP contribution in [0.4, 0.5) is 5.69 Å². The van der Waals surface area contributed by atoms with E-state index < -0.39 is 0 Å². The van der Waals surface area contributed by atoms with Crippen molar-refractivity contribution in [2.75, 3.05) is 19.0 Å². The molecule has 0 saturated carbocycles. The van der Waals surface area contributed by atoms with Gasteiger partial charge in [-0.05, 0) is 18.9 Å². The molecular weight excluding hydrogens is 284 g/mol. The first-order valence-electron chi connectivity index (χ1n) is 9.17. The van der Waals surface area contributed by atoms with Crippen LogP contribution < -0.4 is 4.90 Å². The van der Waals surface area contributed by atoms with Gasteiger partial charge in [0.05, 0.1) is 12.0 Å². The molecular formula is C19H32N4. The molecule has 0 saturated heterocycles. The Labute approximate surface area is 140 Å². The summed E-state index contributed by atoms with van der Waals surface area (Å²) in [6.45, 7) is 4.54. The topological polar surface area (TPSA) is 34.0 Å². The van der Waals surface area contributed by atoms with Crippen molar-refractivity contribution in [3.63, 3.8) is 0 Å². The van der Waals surface area contributed by atoms with E-state index in [1.807, 2.05) is 18.6 Å². The number of fused-ring (bicyclic) bond motifs is 1. The smallest absolute Gasteiger partial charge is 0.162 e. The molecule has 23 heavy (non-hydrogen) atoms. The average Bonchev–Trinajstić information content (AvgIpc) is 2.97. The highest BCUT2D eigenvalue weighted by Crippen LogP contribution is 2.28. The van der Waals surface area contributed by atoms with Crippen LogP contribution in [0.25, 0.3) is 11.2 Å². The van der Waals surface area contributed by atoms with Gasteiger partial charge in [0, 0.05) is 26.3 Å². The second-order valence-corrected chi connectivity index (χ2v) is 6.69. The largest absolute Gasteiger partial charge is 0.376 e. The van der Waals surface area contributed by atoms with Gasteiger partial charge in [-0.3, -0.25) is 0 Å². The van der Waals surface area contributed by atoms with Crippen LogP contribution in [0.1, 0.15) is 71.3 Å². The van der Waals surface area contributed by atoms with E-state index in [-0.39, 0.29) is 0 Å². The summed E-state index contributed by atoms with van der Waals surface area (Å²) in [7, 11) is 4.12. The Hall–Kier alpha value is -1.58. The predicted molar refractivity (Wildman–Crippen MR) is 99.2 cm³/mol. The van der Waals surface area contributed by atoms with Gasteiger partial charge in [-0.25, -0.2) is 9.97 Å². The van der Waals surface area contributed by atoms with E-state index in [4.69, 9.17) is 0 Å². The van der Waals surface area contributed by atoms with Crippen molar-refractivity contribution in [1.29, 1.82) is 0 Å². The Kier molecular flexibility index (Phi) is 6.87. The monoisotopic (exact) mass is 316 g/mol. The van der Waals surface area contributed by atoms with Crippen LogP contribution in [0.15, 0.2) is 18.6 Å². The summed E-state index contributed by atoms with van der Waals surface area (Å²) < 4.78 is 2.31. The van der Waals surface area contributed by atoms with Gasteiger partial charge in [-0.15, -0.1) is 0 Å². The molecule has 4 nitrogen and oxygen atoms in total. The zero-order valence-corrected chi connectivity index (χ0v) is 15.3. The van der Waals surface area contributed by atoms with E-state index in [1.54, 1.807) is 0 Å². The highest BCUT2D eigenvalue weighted by Gasteiger charge is 2.16. The van der Waals surface area contributed by atoms with Crippen LogP contribution in [0.3, 0.4) is 0 Å². The number of hydrogen-bond donors (Lipinski definition) is 0. The number of rotatable bonds is 10. The van der Waals surface area contributed by atoms with Gasteiger partial charge in [-0.1, -0.05) is 52.4 Å². The molecule has 0 bridgehead atoms. The minimum Gasteiger partial charge on any atom is -0.376 e. The molecule has 2 heterocycles. The maximum absolute atomic E-state index is 4.66. The van der Waals surface area contributed by atoms with Gasteiger partial charge < -0.3 is 9.47 Å². The fourth-order valence-corrected chi connectivity index (χ4v) is 3.29. The fraction of sp³-hybridized carbons (Fsp3) is 0.684. The third-order valence-corrected chi connectivity index (χ3v) is 4.58. The molecule has 2 aromatic rings. The summed E-state index contributed by atoms with van der Waals surface area (Å²) in [6, 6.07) is 2.57. The average molecular weight is 316 g/mol. The quantitative estimate of drug-likeness (QED) is 0.565. The lowest BCUT2D eigenvalue weighted by molar-refractivity contribution is 0.415. The second-order valence-electron chi connectivity index (χ2n) is 6.69. The number of imidazole rings is 1. The predicted octanol–water partition coefficient (Wildman–Crippen LogP) is 5.20. The van der Waals surface area contributed by atoms with Crippen molar-refractivity contribution in [3.05, 3.63) is 18.6 Å². The molecule has 0 radical (unpaired) electrons. The molecule has 0 fully saturated rings. The van der Waals surface area contributed by atoms with Gasteiger partial charge in [-0.2, -0.15) is 0 Å². The van der Waals surface area contributed by atoms with E-state index in [0.717, 1.165) is 16.9 Å². The third kappa shape index (κ3) is 4.46. The molecule has 2 rings (SSSR count). The molecule has 2 aromatic heterocycles. The second kappa shape index (κ2) is 8.90. The van der Waals surface area contributed by atoms with Crippen molar-refractivity contribution in [1.82, 2.24) is 14.5 Å². The Morgan fingerprint density at radius 2 is 1.78 bits per heavy atom. The molecule has 0 spiro atoms. The number of pyridine rings is 1. The summed E-state index contributed by atoms with van der Waals surface area (Å²) in [5.41, 5.74) is 3.19. The molecule has 0 amide bonds. The normalized spacial score (nSPS) is 12.7. The summed E-state index contributed by atoms with van der Waals surface area (Å²) in [5, 5.41) is 0. The summed E-state index contributed by atoms with van der Waals surface area (Å²) in [5.74, 6) is 0. The van der Waals surface area contributed by atoms with Crippen LogP contribution in [-0.2, 0) is 0 Å². The summed E-state index contributed by atoms with van der Waals surface area (Å²) in [6.07, 6.45) is 14.2. The van der Waals surface area contributed by atoms with Crippen molar-refractivity contribution >= 4 is 16.9 Å². The Morgan fingerprint density at radius 1 is 1.00 bits per heavy atom. The molecule has 0 aromatic carbocycles. The lowest BCUT2D eigenvalue weighted by Crippen LogP contribution is -2.11. The molecule has 1 atom stereocenters. The first kappa shape index (κ1) is 17.8. The van der Waals surface area contributed by atoms with Gasteiger partial charge >= 0.3 is 0 Å². The number of anilines is 1. The highest BCUT2D eigenvalue weighted by atomic mass is 15.1. The van der Waals surface area contributed by atoms with Gasteiger partial charge in [0.25, 0.3) is 0 Å². The summed E-state index contributed by atoms with van der Waals surface area (Å²) in [4.78, 5) is 11.4. The van der Waals surface area contributed by atoms with Gasteiger partial charge in [0.15, 0.2) is 5.65 Å². The molecule has 0 aliphatic carbocycles.